The Morgan fingerprint density at radius 1 is 1.23 bits per heavy atom. The Hall–Kier alpha value is -1.67. The summed E-state index contributed by atoms with van der Waals surface area (Å²) >= 11 is 0. The molecule has 1 aromatic rings. The number of carbonyl (C=O) groups excluding carboxylic acids is 1. The lowest BCUT2D eigenvalue weighted by molar-refractivity contribution is -0.145. The van der Waals surface area contributed by atoms with Crippen LogP contribution in [-0.2, 0) is 26.7 Å². The fourth-order valence-electron chi connectivity index (χ4n) is 1.98. The second kappa shape index (κ2) is 8.81. The summed E-state index contributed by atoms with van der Waals surface area (Å²) in [5.41, 5.74) is 0.147. The molecule has 1 rings (SSSR count). The average Bonchev–Trinajstić information content (AvgIpc) is 2.52. The predicted octanol–water partition coefficient (Wildman–Crippen LogP) is 4.09. The minimum atomic E-state index is -4.42. The first-order valence-corrected chi connectivity index (χ1v) is 9.21. The smallest absolute Gasteiger partial charge is 0.416 e. The van der Waals surface area contributed by atoms with Gasteiger partial charge in [0.05, 0.1) is 27.9 Å². The molecule has 0 aliphatic carbocycles. The van der Waals surface area contributed by atoms with E-state index in [-0.39, 0.29) is 13.0 Å². The molecular weight excluding hydrogens is 367 g/mol. The number of alkyl halides is 3. The largest absolute Gasteiger partial charge is 0.465 e. The molecule has 0 bridgehead atoms. The molecule has 2 atom stereocenters. The van der Waals surface area contributed by atoms with Crippen molar-refractivity contribution in [2.45, 2.75) is 51.1 Å². The van der Waals surface area contributed by atoms with Crippen LogP contribution in [0.15, 0.2) is 30.8 Å². The monoisotopic (exact) mass is 391 g/mol. The normalized spacial score (nSPS) is 14.6. The summed E-state index contributed by atoms with van der Waals surface area (Å²) in [7, 11) is -1.52. The van der Waals surface area contributed by atoms with Crippen molar-refractivity contribution < 1.29 is 26.9 Å². The van der Waals surface area contributed by atoms with E-state index in [0.717, 1.165) is 12.1 Å². The summed E-state index contributed by atoms with van der Waals surface area (Å²) in [6.45, 7) is 10.9. The van der Waals surface area contributed by atoms with Crippen LogP contribution in [0.3, 0.4) is 0 Å². The Morgan fingerprint density at radius 3 is 2.19 bits per heavy atom. The van der Waals surface area contributed by atoms with Crippen LogP contribution in [0, 0.1) is 0 Å². The van der Waals surface area contributed by atoms with E-state index in [0.29, 0.717) is 11.1 Å². The van der Waals surface area contributed by atoms with E-state index < -0.39 is 39.5 Å². The van der Waals surface area contributed by atoms with E-state index in [1.165, 1.54) is 12.1 Å². The van der Waals surface area contributed by atoms with Gasteiger partial charge in [-0.25, -0.2) is 8.93 Å². The molecule has 1 N–H and O–H groups in total. The Kier molecular flexibility index (Phi) is 7.58. The maximum atomic E-state index is 12.6. The minimum absolute atomic E-state index is 0.0615. The molecule has 0 amide bonds. The van der Waals surface area contributed by atoms with E-state index in [1.54, 1.807) is 27.7 Å². The number of benzene rings is 1. The summed E-state index contributed by atoms with van der Waals surface area (Å²) in [5, 5.41) is 0. The number of hydrogen-bond acceptors (Lipinski definition) is 3. The van der Waals surface area contributed by atoms with Gasteiger partial charge < -0.3 is 4.74 Å². The third-order valence-electron chi connectivity index (χ3n) is 3.45. The number of halogens is 3. The molecule has 146 valence electrons. The number of rotatable bonds is 7. The van der Waals surface area contributed by atoms with Crippen molar-refractivity contribution in [1.82, 2.24) is 4.72 Å². The highest BCUT2D eigenvalue weighted by Gasteiger charge is 2.31. The molecule has 26 heavy (non-hydrogen) atoms. The van der Waals surface area contributed by atoms with E-state index in [1.807, 2.05) is 0 Å². The Balaban J connectivity index is 2.94. The molecule has 0 aromatic heterocycles. The average molecular weight is 391 g/mol. The standard InChI is InChI=1S/C18H24F3NO3S/c1-6-25-16(23)15(22-26(24)17(3,4)5)11-12(2)13-7-9-14(10-8-13)18(19,20)21/h7-10,15,22H,2,6,11H2,1,3-5H3/t15-,26?/m1/s1. The maximum absolute atomic E-state index is 12.6. The van der Waals surface area contributed by atoms with Crippen molar-refractivity contribution in [2.24, 2.45) is 0 Å². The van der Waals surface area contributed by atoms with Gasteiger partial charge in [-0.2, -0.15) is 13.2 Å². The first-order valence-electron chi connectivity index (χ1n) is 8.06. The second-order valence-corrected chi connectivity index (χ2v) is 8.68. The summed E-state index contributed by atoms with van der Waals surface area (Å²) in [5.74, 6) is -0.585. The van der Waals surface area contributed by atoms with Crippen molar-refractivity contribution in [3.63, 3.8) is 0 Å². The van der Waals surface area contributed by atoms with Gasteiger partial charge in [0.2, 0.25) is 0 Å². The molecule has 4 nitrogen and oxygen atoms in total. The summed E-state index contributed by atoms with van der Waals surface area (Å²) in [6, 6.07) is 3.61. The van der Waals surface area contributed by atoms with E-state index in [4.69, 9.17) is 4.74 Å². The molecular formula is C18H24F3NO3S. The van der Waals surface area contributed by atoms with Crippen LogP contribution in [0.25, 0.3) is 5.57 Å². The second-order valence-electron chi connectivity index (χ2n) is 6.69. The van der Waals surface area contributed by atoms with Gasteiger partial charge >= 0.3 is 12.1 Å². The van der Waals surface area contributed by atoms with E-state index in [2.05, 4.69) is 11.3 Å². The molecule has 0 saturated carbocycles. The van der Waals surface area contributed by atoms with Gasteiger partial charge in [0, 0.05) is 0 Å². The summed E-state index contributed by atoms with van der Waals surface area (Å²) in [4.78, 5) is 12.1. The number of hydrogen-bond donors (Lipinski definition) is 1. The van der Waals surface area contributed by atoms with Gasteiger partial charge in [-0.1, -0.05) is 18.7 Å². The zero-order valence-electron chi connectivity index (χ0n) is 15.3. The van der Waals surface area contributed by atoms with Crippen LogP contribution >= 0.6 is 0 Å². The Bertz CT molecular complexity index is 664. The molecule has 0 aliphatic heterocycles. The highest BCUT2D eigenvalue weighted by Crippen LogP contribution is 2.30. The Labute approximate surface area is 154 Å². The van der Waals surface area contributed by atoms with Crippen molar-refractivity contribution in [3.05, 3.63) is 42.0 Å². The maximum Gasteiger partial charge on any atom is 0.416 e. The fourth-order valence-corrected chi connectivity index (χ4v) is 2.77. The fraction of sp³-hybridized carbons (Fsp3) is 0.500. The lowest BCUT2D eigenvalue weighted by Crippen LogP contribution is -2.44. The molecule has 0 spiro atoms. The number of esters is 1. The molecule has 1 unspecified atom stereocenters. The molecule has 1 aromatic carbocycles. The van der Waals surface area contributed by atoms with Crippen LogP contribution in [0.1, 0.15) is 45.2 Å². The third-order valence-corrected chi connectivity index (χ3v) is 5.06. The molecule has 0 fully saturated rings. The number of nitrogens with one attached hydrogen (secondary N) is 1. The van der Waals surface area contributed by atoms with E-state index >= 15 is 0 Å². The van der Waals surface area contributed by atoms with Crippen LogP contribution in [0.2, 0.25) is 0 Å². The van der Waals surface area contributed by atoms with E-state index in [9.17, 15) is 22.2 Å². The summed E-state index contributed by atoms with van der Waals surface area (Å²) in [6.07, 6.45) is -4.36. The van der Waals surface area contributed by atoms with Gasteiger partial charge in [0.15, 0.2) is 0 Å². The first kappa shape index (κ1) is 22.4. The van der Waals surface area contributed by atoms with Crippen LogP contribution in [0.5, 0.6) is 0 Å². The molecule has 8 heteroatoms. The minimum Gasteiger partial charge on any atom is -0.465 e. The summed E-state index contributed by atoms with van der Waals surface area (Å²) < 4.78 is 57.4. The van der Waals surface area contributed by atoms with Crippen LogP contribution in [-0.4, -0.2) is 27.6 Å². The lowest BCUT2D eigenvalue weighted by atomic mass is 9.99. The quantitative estimate of drug-likeness (QED) is 0.712. The highest BCUT2D eigenvalue weighted by atomic mass is 32.2. The zero-order valence-corrected chi connectivity index (χ0v) is 16.1. The highest BCUT2D eigenvalue weighted by molar-refractivity contribution is 7.84. The molecule has 0 heterocycles. The zero-order chi connectivity index (χ0) is 20.1. The molecule has 0 aliphatic rings. The van der Waals surface area contributed by atoms with Gasteiger partial charge in [-0.05, 0) is 57.4 Å². The Morgan fingerprint density at radius 2 is 1.77 bits per heavy atom. The van der Waals surface area contributed by atoms with Crippen molar-refractivity contribution in [1.29, 1.82) is 0 Å². The molecule has 0 radical (unpaired) electrons. The number of ether oxygens (including phenoxy) is 1. The number of carbonyl (C=O) groups is 1. The van der Waals surface area contributed by atoms with Gasteiger partial charge in [0.25, 0.3) is 0 Å². The van der Waals surface area contributed by atoms with Gasteiger partial charge in [-0.3, -0.25) is 4.79 Å². The first-order chi connectivity index (χ1) is 11.9. The predicted molar refractivity (Wildman–Crippen MR) is 96.5 cm³/mol. The SMILES string of the molecule is C=C(C[C@@H](NS(=O)C(C)(C)C)C(=O)OCC)c1ccc(C(F)(F)F)cc1. The van der Waals surface area contributed by atoms with Gasteiger partial charge in [0.1, 0.15) is 6.04 Å². The topological polar surface area (TPSA) is 55.4 Å². The lowest BCUT2D eigenvalue weighted by Gasteiger charge is -2.23. The van der Waals surface area contributed by atoms with Gasteiger partial charge in [-0.15, -0.1) is 0 Å². The van der Waals surface area contributed by atoms with Crippen molar-refractivity contribution in [3.8, 4) is 0 Å². The van der Waals surface area contributed by atoms with Crippen LogP contribution < -0.4 is 4.72 Å². The van der Waals surface area contributed by atoms with Crippen molar-refractivity contribution in [2.75, 3.05) is 6.61 Å². The van der Waals surface area contributed by atoms with Crippen molar-refractivity contribution >= 4 is 22.5 Å². The molecule has 0 saturated heterocycles. The van der Waals surface area contributed by atoms with Crippen LogP contribution in [0.4, 0.5) is 13.2 Å². The third kappa shape index (κ3) is 6.57.